The summed E-state index contributed by atoms with van der Waals surface area (Å²) in [7, 11) is 1.52. The lowest BCUT2D eigenvalue weighted by molar-refractivity contribution is -0.152. The maximum Gasteiger partial charge on any atom is 0.326 e. The first-order chi connectivity index (χ1) is 9.54. The second-order valence-corrected chi connectivity index (χ2v) is 4.74. The van der Waals surface area contributed by atoms with Gasteiger partial charge in [-0.2, -0.15) is 0 Å². The lowest BCUT2D eigenvalue weighted by Crippen LogP contribution is -2.54. The van der Waals surface area contributed by atoms with Crippen molar-refractivity contribution in [2.24, 2.45) is 5.73 Å². The van der Waals surface area contributed by atoms with Gasteiger partial charge in [-0.25, -0.2) is 9.78 Å². The summed E-state index contributed by atoms with van der Waals surface area (Å²) in [5, 5.41) is 9.28. The van der Waals surface area contributed by atoms with E-state index in [1.807, 2.05) is 0 Å². The second kappa shape index (κ2) is 6.02. The van der Waals surface area contributed by atoms with Gasteiger partial charge in [0.25, 0.3) is 0 Å². The molecule has 2 heterocycles. The van der Waals surface area contributed by atoms with E-state index in [9.17, 15) is 14.7 Å². The van der Waals surface area contributed by atoms with Crippen molar-refractivity contribution < 1.29 is 19.4 Å². The lowest BCUT2D eigenvalue weighted by Gasteiger charge is -2.34. The molecule has 0 saturated carbocycles. The number of nitrogens with two attached hydrogens (primary N) is 1. The predicted octanol–water partition coefficient (Wildman–Crippen LogP) is -0.889. The number of methoxy groups -OCH3 is 1. The Balaban J connectivity index is 2.15. The van der Waals surface area contributed by atoms with Gasteiger partial charge in [-0.15, -0.1) is 0 Å². The topological polar surface area (TPSA) is 122 Å². The third-order valence-corrected chi connectivity index (χ3v) is 3.42. The van der Waals surface area contributed by atoms with E-state index in [0.717, 1.165) is 5.69 Å². The van der Waals surface area contributed by atoms with Crippen molar-refractivity contribution in [2.75, 3.05) is 13.7 Å². The van der Waals surface area contributed by atoms with Crippen LogP contribution in [0.25, 0.3) is 0 Å². The number of carboxylic acid groups (broad SMARTS) is 1. The van der Waals surface area contributed by atoms with Crippen LogP contribution in [0, 0.1) is 0 Å². The van der Waals surface area contributed by atoms with Gasteiger partial charge in [0.15, 0.2) is 0 Å². The zero-order valence-corrected chi connectivity index (χ0v) is 11.2. The first kappa shape index (κ1) is 14.5. The molecule has 1 aliphatic heterocycles. The Bertz CT molecular complexity index is 501. The van der Waals surface area contributed by atoms with Gasteiger partial charge in [-0.05, 0) is 6.42 Å². The van der Waals surface area contributed by atoms with Crippen molar-refractivity contribution in [3.8, 4) is 0 Å². The highest BCUT2D eigenvalue weighted by atomic mass is 16.5. The van der Waals surface area contributed by atoms with Crippen LogP contribution in [0.15, 0.2) is 6.33 Å². The molecule has 1 aliphatic rings. The zero-order chi connectivity index (χ0) is 14.7. The summed E-state index contributed by atoms with van der Waals surface area (Å²) in [6.07, 6.45) is 2.05. The van der Waals surface area contributed by atoms with Crippen LogP contribution >= 0.6 is 0 Å². The maximum absolute atomic E-state index is 12.3. The number of hydrogen-bond donors (Lipinski definition) is 3. The van der Waals surface area contributed by atoms with Crippen molar-refractivity contribution in [1.29, 1.82) is 0 Å². The molecule has 8 heteroatoms. The molecule has 0 aromatic carbocycles. The monoisotopic (exact) mass is 282 g/mol. The summed E-state index contributed by atoms with van der Waals surface area (Å²) < 4.78 is 4.88. The first-order valence-corrected chi connectivity index (χ1v) is 6.33. The number of carbonyl (C=O) groups excluding carboxylic acids is 1. The zero-order valence-electron chi connectivity index (χ0n) is 11.2. The normalized spacial score (nSPS) is 19.5. The minimum Gasteiger partial charge on any atom is -0.480 e. The SMILES string of the molecule is COCCC(N)C(=O)N1Cc2[nH]cnc2CC1C(=O)O. The van der Waals surface area contributed by atoms with E-state index >= 15 is 0 Å². The predicted molar refractivity (Wildman–Crippen MR) is 68.7 cm³/mol. The molecule has 8 nitrogen and oxygen atoms in total. The first-order valence-electron chi connectivity index (χ1n) is 6.33. The Kier molecular flexibility index (Phi) is 4.35. The van der Waals surface area contributed by atoms with Crippen LogP contribution in [0.1, 0.15) is 17.8 Å². The van der Waals surface area contributed by atoms with Gasteiger partial charge < -0.3 is 25.5 Å². The fourth-order valence-corrected chi connectivity index (χ4v) is 2.27. The van der Waals surface area contributed by atoms with Gasteiger partial charge in [0, 0.05) is 20.1 Å². The second-order valence-electron chi connectivity index (χ2n) is 4.74. The van der Waals surface area contributed by atoms with Crippen LogP contribution in [-0.2, 0) is 27.3 Å². The van der Waals surface area contributed by atoms with Crippen molar-refractivity contribution in [3.05, 3.63) is 17.7 Å². The lowest BCUT2D eigenvalue weighted by atomic mass is 10.0. The Labute approximate surface area is 115 Å². The number of imidazole rings is 1. The summed E-state index contributed by atoms with van der Waals surface area (Å²) in [4.78, 5) is 31.9. The highest BCUT2D eigenvalue weighted by molar-refractivity contribution is 5.87. The fourth-order valence-electron chi connectivity index (χ4n) is 2.27. The molecule has 1 aromatic heterocycles. The standard InChI is InChI=1S/C12H18N4O4/c1-20-3-2-7(13)11(17)16-5-9-8(14-6-15-9)4-10(16)12(18)19/h6-7,10H,2-5,13H2,1H3,(H,14,15)(H,18,19). The number of nitrogens with zero attached hydrogens (tertiary/aromatic N) is 2. The quantitative estimate of drug-likeness (QED) is 0.644. The maximum atomic E-state index is 12.3. The summed E-state index contributed by atoms with van der Waals surface area (Å²) in [6.45, 7) is 0.541. The Morgan fingerprint density at radius 1 is 1.70 bits per heavy atom. The van der Waals surface area contributed by atoms with Gasteiger partial charge in [-0.1, -0.05) is 0 Å². The van der Waals surface area contributed by atoms with Crippen molar-refractivity contribution in [3.63, 3.8) is 0 Å². The molecule has 0 spiro atoms. The molecule has 20 heavy (non-hydrogen) atoms. The number of ether oxygens (including phenoxy) is 1. The van der Waals surface area contributed by atoms with Gasteiger partial charge in [-0.3, -0.25) is 4.79 Å². The van der Waals surface area contributed by atoms with Crippen LogP contribution in [-0.4, -0.2) is 57.7 Å². The summed E-state index contributed by atoms with van der Waals surface area (Å²) in [6, 6.07) is -1.69. The smallest absolute Gasteiger partial charge is 0.326 e. The number of carbonyl (C=O) groups is 2. The molecule has 0 radical (unpaired) electrons. The Hall–Kier alpha value is -1.93. The van der Waals surface area contributed by atoms with E-state index in [2.05, 4.69) is 9.97 Å². The number of carboxylic acids is 1. The van der Waals surface area contributed by atoms with E-state index in [1.165, 1.54) is 18.3 Å². The average Bonchev–Trinajstić information content (AvgIpc) is 2.89. The van der Waals surface area contributed by atoms with E-state index in [0.29, 0.717) is 18.7 Å². The third-order valence-electron chi connectivity index (χ3n) is 3.42. The number of fused-ring (bicyclic) bond motifs is 1. The number of nitrogens with one attached hydrogen (secondary N) is 1. The fraction of sp³-hybridized carbons (Fsp3) is 0.583. The van der Waals surface area contributed by atoms with Crippen LogP contribution in [0.4, 0.5) is 0 Å². The summed E-state index contributed by atoms with van der Waals surface area (Å²) in [5.41, 5.74) is 7.25. The highest BCUT2D eigenvalue weighted by Crippen LogP contribution is 2.21. The summed E-state index contributed by atoms with van der Waals surface area (Å²) >= 11 is 0. The van der Waals surface area contributed by atoms with E-state index in [4.69, 9.17) is 10.5 Å². The van der Waals surface area contributed by atoms with Crippen LogP contribution in [0.2, 0.25) is 0 Å². The molecule has 2 rings (SSSR count). The average molecular weight is 282 g/mol. The minimum absolute atomic E-state index is 0.186. The molecule has 1 amide bonds. The molecule has 2 atom stereocenters. The number of rotatable bonds is 5. The number of aromatic amines is 1. The number of amides is 1. The Morgan fingerprint density at radius 2 is 2.45 bits per heavy atom. The van der Waals surface area contributed by atoms with E-state index in [-0.39, 0.29) is 18.9 Å². The van der Waals surface area contributed by atoms with Crippen LogP contribution < -0.4 is 5.73 Å². The molecular weight excluding hydrogens is 264 g/mol. The third kappa shape index (κ3) is 2.81. The van der Waals surface area contributed by atoms with E-state index < -0.39 is 18.1 Å². The van der Waals surface area contributed by atoms with Crippen molar-refractivity contribution in [2.45, 2.75) is 31.5 Å². The molecule has 110 valence electrons. The van der Waals surface area contributed by atoms with E-state index in [1.54, 1.807) is 0 Å². The van der Waals surface area contributed by atoms with Crippen molar-refractivity contribution >= 4 is 11.9 Å². The van der Waals surface area contributed by atoms with Crippen LogP contribution in [0.5, 0.6) is 0 Å². The molecule has 0 bridgehead atoms. The molecule has 4 N–H and O–H groups in total. The molecule has 0 fully saturated rings. The van der Waals surface area contributed by atoms with Gasteiger partial charge in [0.1, 0.15) is 6.04 Å². The van der Waals surface area contributed by atoms with Gasteiger partial charge in [0.2, 0.25) is 5.91 Å². The molecule has 2 unspecified atom stereocenters. The number of aromatic nitrogens is 2. The minimum atomic E-state index is -1.05. The number of H-pyrrole nitrogens is 1. The van der Waals surface area contributed by atoms with Gasteiger partial charge >= 0.3 is 5.97 Å². The highest BCUT2D eigenvalue weighted by Gasteiger charge is 2.37. The molecule has 0 saturated heterocycles. The van der Waals surface area contributed by atoms with Crippen LogP contribution in [0.3, 0.4) is 0 Å². The molecular formula is C12H18N4O4. The molecule has 0 aliphatic carbocycles. The van der Waals surface area contributed by atoms with Gasteiger partial charge in [0.05, 0.1) is 30.3 Å². The largest absolute Gasteiger partial charge is 0.480 e. The number of hydrogen-bond acceptors (Lipinski definition) is 5. The number of aliphatic carboxylic acids is 1. The van der Waals surface area contributed by atoms with Crippen molar-refractivity contribution in [1.82, 2.24) is 14.9 Å². The molecule has 1 aromatic rings. The Morgan fingerprint density at radius 3 is 3.10 bits per heavy atom. The summed E-state index contributed by atoms with van der Waals surface area (Å²) in [5.74, 6) is -1.43.